The summed E-state index contributed by atoms with van der Waals surface area (Å²) >= 11 is 6.47. The first-order valence-corrected chi connectivity index (χ1v) is 13.4. The van der Waals surface area contributed by atoms with E-state index in [1.165, 1.54) is 5.56 Å². The van der Waals surface area contributed by atoms with Crippen LogP contribution < -0.4 is 5.73 Å². The highest BCUT2D eigenvalue weighted by atomic mass is 35.5. The maximum absolute atomic E-state index is 10.4. The second-order valence-electron chi connectivity index (χ2n) is 11.2. The van der Waals surface area contributed by atoms with Crippen molar-refractivity contribution in [1.29, 1.82) is 0 Å². The number of aromatic nitrogens is 2. The number of halogens is 1. The van der Waals surface area contributed by atoms with Crippen LogP contribution in [0.25, 0.3) is 5.57 Å². The third kappa shape index (κ3) is 4.31. The van der Waals surface area contributed by atoms with E-state index in [2.05, 4.69) is 16.0 Å². The first-order chi connectivity index (χ1) is 18.1. The van der Waals surface area contributed by atoms with Gasteiger partial charge in [0.25, 0.3) is 0 Å². The molecule has 6 rings (SSSR count). The lowest BCUT2D eigenvalue weighted by atomic mass is 9.76. The normalized spacial score (nSPS) is 23.9. The summed E-state index contributed by atoms with van der Waals surface area (Å²) in [5.41, 5.74) is 10.1. The van der Waals surface area contributed by atoms with Gasteiger partial charge in [0, 0.05) is 49.4 Å². The molecule has 2 aromatic heterocycles. The Morgan fingerprint density at radius 3 is 2.66 bits per heavy atom. The Kier molecular flexibility index (Phi) is 5.92. The first-order valence-electron chi connectivity index (χ1n) is 13.0. The van der Waals surface area contributed by atoms with Crippen molar-refractivity contribution in [3.05, 3.63) is 82.2 Å². The molecule has 196 valence electrons. The third-order valence-electron chi connectivity index (χ3n) is 8.11. The zero-order valence-corrected chi connectivity index (χ0v) is 22.7. The molecule has 2 aromatic rings. The molecular formula is C29H32ClN7O. The number of nitrogens with two attached hydrogens (primary N) is 1. The van der Waals surface area contributed by atoms with Crippen molar-refractivity contribution in [3.8, 4) is 0 Å². The maximum atomic E-state index is 10.4. The average molecular weight is 530 g/mol. The van der Waals surface area contributed by atoms with Crippen LogP contribution in [0.2, 0.25) is 5.02 Å². The number of amidine groups is 2. The summed E-state index contributed by atoms with van der Waals surface area (Å²) in [7, 11) is 1.96. The number of rotatable bonds is 2. The fourth-order valence-corrected chi connectivity index (χ4v) is 6.07. The Bertz CT molecular complexity index is 1460. The minimum Gasteiger partial charge on any atom is -0.384 e. The molecule has 0 aromatic carbocycles. The van der Waals surface area contributed by atoms with Gasteiger partial charge in [-0.15, -0.1) is 0 Å². The average Bonchev–Trinajstić information content (AvgIpc) is 3.24. The molecule has 3 N–H and O–H groups in total. The molecule has 1 aliphatic carbocycles. The lowest BCUT2D eigenvalue weighted by Gasteiger charge is -2.40. The van der Waals surface area contributed by atoms with E-state index in [-0.39, 0.29) is 5.41 Å². The van der Waals surface area contributed by atoms with Gasteiger partial charge in [-0.25, -0.2) is 15.0 Å². The quantitative estimate of drug-likeness (QED) is 0.600. The minimum absolute atomic E-state index is 0.228. The van der Waals surface area contributed by atoms with Crippen molar-refractivity contribution in [1.82, 2.24) is 19.8 Å². The lowest BCUT2D eigenvalue weighted by molar-refractivity contribution is 0.0735. The summed E-state index contributed by atoms with van der Waals surface area (Å²) in [6, 6.07) is 5.99. The van der Waals surface area contributed by atoms with Crippen molar-refractivity contribution in [2.45, 2.75) is 45.1 Å². The minimum atomic E-state index is -0.923. The second kappa shape index (κ2) is 9.06. The van der Waals surface area contributed by atoms with Crippen molar-refractivity contribution in [2.75, 3.05) is 25.9 Å². The molecule has 5 heterocycles. The van der Waals surface area contributed by atoms with Crippen LogP contribution in [0.3, 0.4) is 0 Å². The van der Waals surface area contributed by atoms with Crippen LogP contribution in [0, 0.1) is 5.41 Å². The molecule has 1 saturated heterocycles. The number of likely N-dealkylation sites (tertiary alicyclic amines) is 1. The Labute approximate surface area is 228 Å². The van der Waals surface area contributed by atoms with Crippen molar-refractivity contribution in [3.63, 3.8) is 0 Å². The number of hydrogen-bond donors (Lipinski definition) is 2. The van der Waals surface area contributed by atoms with Gasteiger partial charge in [0.2, 0.25) is 0 Å². The van der Waals surface area contributed by atoms with E-state index in [1.807, 2.05) is 48.5 Å². The van der Waals surface area contributed by atoms with Crippen LogP contribution in [-0.4, -0.2) is 56.7 Å². The fourth-order valence-electron chi connectivity index (χ4n) is 5.86. The number of aliphatic hydroxyl groups is 1. The molecular weight excluding hydrogens is 498 g/mol. The highest BCUT2D eigenvalue weighted by Gasteiger charge is 2.41. The van der Waals surface area contributed by atoms with Crippen LogP contribution in [0.15, 0.2) is 64.6 Å². The molecule has 38 heavy (non-hydrogen) atoms. The van der Waals surface area contributed by atoms with Gasteiger partial charge < -0.3 is 20.6 Å². The predicted octanol–water partition coefficient (Wildman–Crippen LogP) is 4.32. The summed E-state index contributed by atoms with van der Waals surface area (Å²) in [6.07, 6.45) is 13.6. The van der Waals surface area contributed by atoms with E-state index in [9.17, 15) is 5.11 Å². The Hall–Kier alpha value is -3.49. The molecule has 1 fully saturated rings. The third-order valence-corrected chi connectivity index (χ3v) is 8.51. The summed E-state index contributed by atoms with van der Waals surface area (Å²) in [6.45, 7) is 5.44. The number of piperidine rings is 1. The van der Waals surface area contributed by atoms with E-state index in [0.717, 1.165) is 78.8 Å². The maximum Gasteiger partial charge on any atom is 0.142 e. The SMILES string of the molecule is CN1C2=CC=C(c3ccnc(N)c3Cl)/C1=N/C=C/C(N1CCC3(CC1)Cc1ccc(C(C)(C)O)nc1C3)=N\2. The number of pyridine rings is 2. The standard InChI is InChI=1S/C29H32ClN7O/c1-28(2,38)22-6-4-18-16-29(17-21(18)34-22)10-14-37(15-11-29)24-9-13-33-27-20(5-7-23(35-24)36(27)3)19-8-12-32-26(31)25(19)30/h4-9,12-13,38H,10-11,14-17H2,1-3H3,(H2,31,32)/b13-9+,24-9?,33-13?,33-27-,35-23?,35-24+. The molecule has 2 bridgehead atoms. The van der Waals surface area contributed by atoms with Gasteiger partial charge in [-0.3, -0.25) is 4.98 Å². The molecule has 0 unspecified atom stereocenters. The van der Waals surface area contributed by atoms with Gasteiger partial charge in [0.1, 0.15) is 28.9 Å². The highest BCUT2D eigenvalue weighted by molar-refractivity contribution is 6.37. The Morgan fingerprint density at radius 1 is 1.11 bits per heavy atom. The molecule has 0 amide bonds. The molecule has 1 spiro atoms. The van der Waals surface area contributed by atoms with E-state index < -0.39 is 5.60 Å². The van der Waals surface area contributed by atoms with Gasteiger partial charge in [-0.05, 0) is 80.9 Å². The zero-order chi connectivity index (χ0) is 26.7. The Morgan fingerprint density at radius 2 is 1.89 bits per heavy atom. The van der Waals surface area contributed by atoms with E-state index in [1.54, 1.807) is 20.0 Å². The van der Waals surface area contributed by atoms with Crippen LogP contribution in [0.1, 0.15) is 49.2 Å². The summed E-state index contributed by atoms with van der Waals surface area (Å²) in [4.78, 5) is 23.1. The molecule has 0 atom stereocenters. The molecule has 8 nitrogen and oxygen atoms in total. The van der Waals surface area contributed by atoms with Gasteiger partial charge in [-0.2, -0.15) is 0 Å². The van der Waals surface area contributed by atoms with Gasteiger partial charge in [-0.1, -0.05) is 17.7 Å². The molecule has 0 radical (unpaired) electrons. The smallest absolute Gasteiger partial charge is 0.142 e. The van der Waals surface area contributed by atoms with Gasteiger partial charge in [0.05, 0.1) is 10.7 Å². The number of anilines is 1. The first kappa shape index (κ1) is 24.8. The van der Waals surface area contributed by atoms with Crippen LogP contribution >= 0.6 is 11.6 Å². The second-order valence-corrected chi connectivity index (χ2v) is 11.5. The highest BCUT2D eigenvalue weighted by Crippen LogP contribution is 2.44. The van der Waals surface area contributed by atoms with Crippen molar-refractivity contribution >= 4 is 34.7 Å². The number of hydrogen-bond acceptors (Lipinski definition) is 8. The molecule has 3 aliphatic heterocycles. The van der Waals surface area contributed by atoms with E-state index >= 15 is 0 Å². The van der Waals surface area contributed by atoms with Gasteiger partial charge in [0.15, 0.2) is 0 Å². The monoisotopic (exact) mass is 529 g/mol. The van der Waals surface area contributed by atoms with Crippen LogP contribution in [0.4, 0.5) is 5.82 Å². The molecule has 9 heteroatoms. The van der Waals surface area contributed by atoms with E-state index in [4.69, 9.17) is 32.3 Å². The van der Waals surface area contributed by atoms with E-state index in [0.29, 0.717) is 10.8 Å². The van der Waals surface area contributed by atoms with Crippen LogP contribution in [0.5, 0.6) is 0 Å². The number of fused-ring (bicyclic) bond motifs is 3. The summed E-state index contributed by atoms with van der Waals surface area (Å²) < 4.78 is 0. The molecule has 4 aliphatic rings. The number of nitrogen functional groups attached to an aromatic ring is 1. The number of aliphatic imine (C=N–C) groups is 2. The molecule has 0 saturated carbocycles. The summed E-state index contributed by atoms with van der Waals surface area (Å²) in [5.74, 6) is 2.79. The number of likely N-dealkylation sites (N-methyl/N-ethyl adjacent to an activating group) is 1. The topological polar surface area (TPSA) is 103 Å². The Balaban J connectivity index is 1.21. The van der Waals surface area contributed by atoms with Crippen molar-refractivity contribution < 1.29 is 5.11 Å². The summed E-state index contributed by atoms with van der Waals surface area (Å²) in [5, 5.41) is 10.8. The van der Waals surface area contributed by atoms with Gasteiger partial charge >= 0.3 is 0 Å². The number of nitrogens with zero attached hydrogens (tertiary/aromatic N) is 6. The number of allylic oxidation sites excluding steroid dienone is 2. The zero-order valence-electron chi connectivity index (χ0n) is 21.9. The predicted molar refractivity (Wildman–Crippen MR) is 152 cm³/mol. The fraction of sp³-hybridized carbons (Fsp3) is 0.379. The van der Waals surface area contributed by atoms with Crippen molar-refractivity contribution in [2.24, 2.45) is 15.4 Å². The largest absolute Gasteiger partial charge is 0.384 e. The van der Waals surface area contributed by atoms with Crippen LogP contribution in [-0.2, 0) is 18.4 Å². The lowest BCUT2D eigenvalue weighted by Crippen LogP contribution is -2.43.